The van der Waals surface area contributed by atoms with Gasteiger partial charge in [0.1, 0.15) is 0 Å². The van der Waals surface area contributed by atoms with Crippen molar-refractivity contribution in [2.45, 2.75) is 6.43 Å². The molecule has 1 N–H and O–H groups in total. The average Bonchev–Trinajstić information content (AvgIpc) is 2.51. The first-order chi connectivity index (χ1) is 6.18. The molecule has 4 nitrogen and oxygen atoms in total. The summed E-state index contributed by atoms with van der Waals surface area (Å²) in [5.74, 6) is 0.128. The van der Waals surface area contributed by atoms with Gasteiger partial charge >= 0.3 is 0 Å². The number of fused-ring (bicyclic) bond motifs is 1. The van der Waals surface area contributed by atoms with Gasteiger partial charge in [-0.05, 0) is 0 Å². The van der Waals surface area contributed by atoms with Crippen molar-refractivity contribution in [3.05, 3.63) is 34.5 Å². The first kappa shape index (κ1) is 7.90. The van der Waals surface area contributed by atoms with Crippen LogP contribution in [0.1, 0.15) is 12.1 Å². The van der Waals surface area contributed by atoms with Crippen LogP contribution in [0.4, 0.5) is 8.78 Å². The van der Waals surface area contributed by atoms with Gasteiger partial charge in [-0.2, -0.15) is 0 Å². The van der Waals surface area contributed by atoms with Gasteiger partial charge in [0.2, 0.25) is 5.78 Å². The molecule has 0 saturated heterocycles. The number of aromatic amines is 1. The van der Waals surface area contributed by atoms with Gasteiger partial charge in [-0.3, -0.25) is 9.20 Å². The zero-order chi connectivity index (χ0) is 9.42. The number of hydrogen-bond donors (Lipinski definition) is 1. The summed E-state index contributed by atoms with van der Waals surface area (Å²) in [6.07, 6.45) is 0.0840. The highest BCUT2D eigenvalue weighted by Crippen LogP contribution is 2.14. The van der Waals surface area contributed by atoms with Crippen LogP contribution in [0.15, 0.2) is 23.3 Å². The first-order valence-corrected chi connectivity index (χ1v) is 3.53. The van der Waals surface area contributed by atoms with Gasteiger partial charge in [-0.25, -0.2) is 13.8 Å². The predicted molar refractivity (Wildman–Crippen MR) is 40.8 cm³/mol. The molecule has 2 heterocycles. The van der Waals surface area contributed by atoms with Gasteiger partial charge in [-0.1, -0.05) is 0 Å². The molecule has 2 aromatic heterocycles. The summed E-state index contributed by atoms with van der Waals surface area (Å²) < 4.78 is 25.5. The van der Waals surface area contributed by atoms with E-state index >= 15 is 0 Å². The molecule has 68 valence electrons. The number of rotatable bonds is 1. The van der Waals surface area contributed by atoms with Crippen molar-refractivity contribution < 1.29 is 8.78 Å². The van der Waals surface area contributed by atoms with E-state index in [1.165, 1.54) is 12.4 Å². The Morgan fingerprint density at radius 3 is 3.00 bits per heavy atom. The van der Waals surface area contributed by atoms with Gasteiger partial charge in [0.05, 0.1) is 5.69 Å². The molecule has 0 spiro atoms. The van der Waals surface area contributed by atoms with Crippen LogP contribution < -0.4 is 5.56 Å². The third-order valence-corrected chi connectivity index (χ3v) is 1.65. The predicted octanol–water partition coefficient (Wildman–Crippen LogP) is 0.960. The van der Waals surface area contributed by atoms with E-state index in [9.17, 15) is 13.6 Å². The molecule has 0 atom stereocenters. The minimum atomic E-state index is -2.69. The summed E-state index contributed by atoms with van der Waals surface area (Å²) in [4.78, 5) is 17.2. The van der Waals surface area contributed by atoms with Gasteiger partial charge in [0.25, 0.3) is 12.0 Å². The quantitative estimate of drug-likeness (QED) is 0.719. The molecule has 0 saturated carbocycles. The van der Waals surface area contributed by atoms with Crippen molar-refractivity contribution in [3.8, 4) is 0 Å². The zero-order valence-corrected chi connectivity index (χ0v) is 6.37. The summed E-state index contributed by atoms with van der Waals surface area (Å²) in [6, 6.07) is 0.860. The lowest BCUT2D eigenvalue weighted by Gasteiger charge is -1.99. The van der Waals surface area contributed by atoms with Crippen LogP contribution >= 0.6 is 0 Å². The van der Waals surface area contributed by atoms with Crippen molar-refractivity contribution in [1.29, 1.82) is 0 Å². The molecule has 0 fully saturated rings. The molecule has 0 aliphatic rings. The highest BCUT2D eigenvalue weighted by atomic mass is 19.3. The summed E-state index contributed by atoms with van der Waals surface area (Å²) in [7, 11) is 0. The Morgan fingerprint density at radius 2 is 2.31 bits per heavy atom. The van der Waals surface area contributed by atoms with E-state index < -0.39 is 17.7 Å². The molecule has 0 aromatic carbocycles. The second kappa shape index (κ2) is 2.65. The van der Waals surface area contributed by atoms with E-state index in [-0.39, 0.29) is 5.78 Å². The summed E-state index contributed by atoms with van der Waals surface area (Å²) in [6.45, 7) is 0. The van der Waals surface area contributed by atoms with Crippen LogP contribution in [0.3, 0.4) is 0 Å². The number of nitrogens with zero attached hydrogens (tertiary/aromatic N) is 2. The third kappa shape index (κ3) is 1.20. The fraction of sp³-hybridized carbons (Fsp3) is 0.143. The SMILES string of the molecule is O=c1cc(C(F)F)[nH]c2nccn12. The first-order valence-electron chi connectivity index (χ1n) is 3.53. The molecule has 0 aliphatic heterocycles. The molecule has 0 aliphatic carbocycles. The number of hydrogen-bond acceptors (Lipinski definition) is 2. The van der Waals surface area contributed by atoms with Gasteiger partial charge in [0.15, 0.2) is 0 Å². The van der Waals surface area contributed by atoms with Crippen molar-refractivity contribution in [2.24, 2.45) is 0 Å². The van der Waals surface area contributed by atoms with Crippen LogP contribution in [0.25, 0.3) is 5.78 Å². The van der Waals surface area contributed by atoms with E-state index in [1.54, 1.807) is 0 Å². The fourth-order valence-corrected chi connectivity index (χ4v) is 1.06. The minimum Gasteiger partial charge on any atom is -0.324 e. The Hall–Kier alpha value is -1.72. The van der Waals surface area contributed by atoms with Crippen LogP contribution in [-0.2, 0) is 0 Å². The normalized spacial score (nSPS) is 11.3. The smallest absolute Gasteiger partial charge is 0.278 e. The molecule has 0 amide bonds. The Labute approximate surface area is 70.8 Å². The molecule has 2 rings (SSSR count). The van der Waals surface area contributed by atoms with Gasteiger partial charge in [0, 0.05) is 18.5 Å². The summed E-state index contributed by atoms with van der Waals surface area (Å²) in [5.41, 5.74) is -0.926. The van der Waals surface area contributed by atoms with E-state index in [1.807, 2.05) is 0 Å². The van der Waals surface area contributed by atoms with Crippen molar-refractivity contribution in [1.82, 2.24) is 14.4 Å². The van der Waals surface area contributed by atoms with Crippen LogP contribution in [-0.4, -0.2) is 14.4 Å². The lowest BCUT2D eigenvalue weighted by molar-refractivity contribution is 0.146. The number of alkyl halides is 2. The fourth-order valence-electron chi connectivity index (χ4n) is 1.06. The summed E-state index contributed by atoms with van der Waals surface area (Å²) >= 11 is 0. The van der Waals surface area contributed by atoms with E-state index in [2.05, 4.69) is 9.97 Å². The van der Waals surface area contributed by atoms with Crippen LogP contribution in [0, 0.1) is 0 Å². The Bertz CT molecular complexity index is 488. The monoisotopic (exact) mass is 185 g/mol. The number of H-pyrrole nitrogens is 1. The molecule has 2 aromatic rings. The highest BCUT2D eigenvalue weighted by molar-refractivity contribution is 5.28. The third-order valence-electron chi connectivity index (χ3n) is 1.65. The molecule has 6 heteroatoms. The van der Waals surface area contributed by atoms with Crippen molar-refractivity contribution in [2.75, 3.05) is 0 Å². The zero-order valence-electron chi connectivity index (χ0n) is 6.37. The maximum atomic E-state index is 12.2. The molecular formula is C7H5F2N3O. The van der Waals surface area contributed by atoms with Crippen molar-refractivity contribution >= 4 is 5.78 Å². The Kier molecular flexibility index (Phi) is 1.61. The molecular weight excluding hydrogens is 180 g/mol. The number of halogens is 2. The lowest BCUT2D eigenvalue weighted by atomic mass is 10.4. The molecule has 0 radical (unpaired) electrons. The highest BCUT2D eigenvalue weighted by Gasteiger charge is 2.10. The number of nitrogens with one attached hydrogen (secondary N) is 1. The van der Waals surface area contributed by atoms with E-state index in [0.29, 0.717) is 0 Å². The summed E-state index contributed by atoms with van der Waals surface area (Å²) in [5, 5.41) is 0. The van der Waals surface area contributed by atoms with Gasteiger partial charge in [-0.15, -0.1) is 0 Å². The van der Waals surface area contributed by atoms with Gasteiger partial charge < -0.3 is 4.98 Å². The maximum absolute atomic E-state index is 12.2. The second-order valence-electron chi connectivity index (χ2n) is 2.48. The minimum absolute atomic E-state index is 0.128. The number of imidazole rings is 1. The standard InChI is InChI=1S/C7H5F2N3O/c8-6(9)4-3-5(13)12-2-1-10-7(12)11-4/h1-3,6H,(H,10,11). The van der Waals surface area contributed by atoms with Crippen molar-refractivity contribution in [3.63, 3.8) is 0 Å². The van der Waals surface area contributed by atoms with Crippen LogP contribution in [0.2, 0.25) is 0 Å². The number of aromatic nitrogens is 3. The molecule has 13 heavy (non-hydrogen) atoms. The molecule has 0 bridgehead atoms. The lowest BCUT2D eigenvalue weighted by Crippen LogP contribution is -2.13. The largest absolute Gasteiger partial charge is 0.324 e. The maximum Gasteiger partial charge on any atom is 0.278 e. The Balaban J connectivity index is 2.77. The Morgan fingerprint density at radius 1 is 1.54 bits per heavy atom. The second-order valence-corrected chi connectivity index (χ2v) is 2.48. The molecule has 0 unspecified atom stereocenters. The topological polar surface area (TPSA) is 50.2 Å². The van der Waals surface area contributed by atoms with E-state index in [0.717, 1.165) is 10.5 Å². The average molecular weight is 185 g/mol. The van der Waals surface area contributed by atoms with E-state index in [4.69, 9.17) is 0 Å². The van der Waals surface area contributed by atoms with Crippen LogP contribution in [0.5, 0.6) is 0 Å².